The van der Waals surface area contributed by atoms with E-state index < -0.39 is 17.9 Å². The minimum Gasteiger partial charge on any atom is -0.504 e. The van der Waals surface area contributed by atoms with E-state index in [-0.39, 0.29) is 30.3 Å². The van der Waals surface area contributed by atoms with Crippen molar-refractivity contribution in [2.75, 3.05) is 39.9 Å². The lowest BCUT2D eigenvalue weighted by molar-refractivity contribution is -0.137. The van der Waals surface area contributed by atoms with Crippen LogP contribution in [0, 0.1) is 6.92 Å². The summed E-state index contributed by atoms with van der Waals surface area (Å²) in [6.45, 7) is 19.5. The van der Waals surface area contributed by atoms with Crippen LogP contribution in [0.15, 0.2) is 84.5 Å². The predicted molar refractivity (Wildman–Crippen MR) is 210 cm³/mol. The van der Waals surface area contributed by atoms with Crippen molar-refractivity contribution in [3.63, 3.8) is 0 Å². The third-order valence-electron chi connectivity index (χ3n) is 8.23. The minimum absolute atomic E-state index is 0.0188. The number of hydrazine groups is 1. The summed E-state index contributed by atoms with van der Waals surface area (Å²) in [5.74, 6) is 0.995. The van der Waals surface area contributed by atoms with E-state index in [2.05, 4.69) is 63.2 Å². The van der Waals surface area contributed by atoms with Gasteiger partial charge in [-0.3, -0.25) is 14.6 Å². The van der Waals surface area contributed by atoms with Crippen LogP contribution >= 0.6 is 11.6 Å². The van der Waals surface area contributed by atoms with E-state index in [4.69, 9.17) is 25.9 Å². The average Bonchev–Trinajstić information content (AvgIpc) is 3.19. The summed E-state index contributed by atoms with van der Waals surface area (Å²) >= 11 is 6.49. The lowest BCUT2D eigenvalue weighted by atomic mass is 10.1. The number of aromatic nitrogens is 2. The number of halogens is 4. The highest BCUT2D eigenvalue weighted by Gasteiger charge is 2.32. The first-order valence-electron chi connectivity index (χ1n) is 17.3. The summed E-state index contributed by atoms with van der Waals surface area (Å²) < 4.78 is 52.4. The molecule has 1 unspecified atom stereocenters. The van der Waals surface area contributed by atoms with Gasteiger partial charge in [0.1, 0.15) is 25.7 Å². The Kier molecular flexibility index (Phi) is 19.2. The van der Waals surface area contributed by atoms with Gasteiger partial charge in [-0.25, -0.2) is 15.4 Å². The molecule has 6 N–H and O–H groups in total. The molecule has 1 aromatic heterocycles. The summed E-state index contributed by atoms with van der Waals surface area (Å²) in [5.41, 5.74) is 10.2. The van der Waals surface area contributed by atoms with Crippen molar-refractivity contribution in [1.82, 2.24) is 35.9 Å². The Morgan fingerprint density at radius 2 is 1.86 bits per heavy atom. The maximum absolute atomic E-state index is 13.6. The maximum atomic E-state index is 13.6. The number of nitrogens with two attached hydrogens (primary N) is 1. The lowest BCUT2D eigenvalue weighted by Crippen LogP contribution is -2.44. The number of carbonyl (C=O) groups excluding carboxylic acids is 2. The largest absolute Gasteiger partial charge is 0.504 e. The molecule has 0 saturated heterocycles. The van der Waals surface area contributed by atoms with Gasteiger partial charge in [0.05, 0.1) is 34.9 Å². The number of para-hydroxylation sites is 1. The highest BCUT2D eigenvalue weighted by atomic mass is 35.5. The smallest absolute Gasteiger partial charge is 0.416 e. The number of rotatable bonds is 18. The second kappa shape index (κ2) is 23.2. The molecule has 2 aromatic carbocycles. The number of primary amides is 1. The highest BCUT2D eigenvalue weighted by molar-refractivity contribution is 6.31. The second-order valence-corrected chi connectivity index (χ2v) is 12.0. The first-order chi connectivity index (χ1) is 26.8. The van der Waals surface area contributed by atoms with E-state index in [0.29, 0.717) is 91.0 Å². The normalized spacial score (nSPS) is 12.6. The van der Waals surface area contributed by atoms with Gasteiger partial charge in [-0.05, 0) is 43.8 Å². The Bertz CT molecular complexity index is 1810. The number of aliphatic imine (C=N–C) groups is 1. The van der Waals surface area contributed by atoms with E-state index in [0.717, 1.165) is 17.8 Å². The molecule has 1 aliphatic heterocycles. The predicted octanol–water partition coefficient (Wildman–Crippen LogP) is 5.19. The summed E-state index contributed by atoms with van der Waals surface area (Å²) in [4.78, 5) is 34.5. The first kappa shape index (κ1) is 46.3. The van der Waals surface area contributed by atoms with Gasteiger partial charge in [-0.1, -0.05) is 43.3 Å². The van der Waals surface area contributed by atoms with E-state index in [1.54, 1.807) is 37.2 Å². The Morgan fingerprint density at radius 3 is 2.46 bits per heavy atom. The Morgan fingerprint density at radius 1 is 1.16 bits per heavy atom. The van der Waals surface area contributed by atoms with Gasteiger partial charge in [0.15, 0.2) is 17.2 Å². The third kappa shape index (κ3) is 12.6. The molecule has 0 saturated carbocycles. The highest BCUT2D eigenvalue weighted by Crippen LogP contribution is 2.38. The van der Waals surface area contributed by atoms with Crippen molar-refractivity contribution >= 4 is 31.1 Å². The van der Waals surface area contributed by atoms with Crippen LogP contribution < -0.4 is 31.3 Å². The van der Waals surface area contributed by atoms with E-state index >= 15 is 0 Å². The fourth-order valence-corrected chi connectivity index (χ4v) is 5.82. The second-order valence-electron chi connectivity index (χ2n) is 11.6. The van der Waals surface area contributed by atoms with Crippen LogP contribution in [0.5, 0.6) is 17.2 Å². The molecular formula is C38H49ClF3N9O5. The third-order valence-corrected chi connectivity index (χ3v) is 8.58. The number of ether oxygens (including phenoxy) is 2. The number of alkyl halides is 3. The molecule has 18 heteroatoms. The minimum atomic E-state index is -4.58. The molecule has 304 valence electrons. The zero-order valence-corrected chi connectivity index (χ0v) is 32.4. The Balaban J connectivity index is 0.00000206. The molecule has 0 aliphatic carbocycles. The van der Waals surface area contributed by atoms with Crippen molar-refractivity contribution in [2.24, 2.45) is 10.7 Å². The molecule has 4 rings (SSSR count). The van der Waals surface area contributed by atoms with Crippen molar-refractivity contribution in [3.8, 4) is 17.2 Å². The van der Waals surface area contributed by atoms with E-state index in [1.165, 1.54) is 12.4 Å². The number of benzene rings is 2. The number of hydrogen-bond donors (Lipinski definition) is 5. The van der Waals surface area contributed by atoms with E-state index in [9.17, 15) is 23.1 Å². The molecule has 56 heavy (non-hydrogen) atoms. The molecular weight excluding hydrogens is 755 g/mol. The van der Waals surface area contributed by atoms with Crippen LogP contribution in [0.2, 0.25) is 5.02 Å². The van der Waals surface area contributed by atoms with Crippen LogP contribution in [-0.4, -0.2) is 84.4 Å². The number of aryl methyl sites for hydroxylation is 1. The van der Waals surface area contributed by atoms with Crippen LogP contribution in [0.1, 0.15) is 47.6 Å². The topological polar surface area (TPSA) is 180 Å². The van der Waals surface area contributed by atoms with Gasteiger partial charge < -0.3 is 40.9 Å². The Hall–Kier alpha value is -5.81. The van der Waals surface area contributed by atoms with Gasteiger partial charge in [-0.2, -0.15) is 13.2 Å². The van der Waals surface area contributed by atoms with Gasteiger partial charge in [0.25, 0.3) is 0 Å². The summed E-state index contributed by atoms with van der Waals surface area (Å²) in [6.07, 6.45) is -2.36. The van der Waals surface area contributed by atoms with Gasteiger partial charge >= 0.3 is 6.18 Å². The fraction of sp³-hybridized carbons (Fsp3) is 0.342. The molecule has 1 aliphatic rings. The number of carbonyl (C=O) groups is 2. The molecule has 1 atom stereocenters. The monoisotopic (exact) mass is 803 g/mol. The fourth-order valence-electron chi connectivity index (χ4n) is 5.58. The molecule has 0 bridgehead atoms. The number of nitrogens with zero attached hydrogens (tertiary/aromatic N) is 5. The molecule has 2 amide bonds. The molecule has 0 spiro atoms. The molecule has 2 heterocycles. The average molecular weight is 804 g/mol. The van der Waals surface area contributed by atoms with Crippen molar-refractivity contribution in [3.05, 3.63) is 113 Å². The number of nitrogens with one attached hydrogen (secondary N) is 3. The molecule has 14 nitrogen and oxygen atoms in total. The SMILES string of the molecule is C=C.C=NC(NN(Cc1ccc(C(F)(F)F)cc1Cl)C(=C)/C(=C(/CC)NC)N(CCNC=O)CCc1ncnc(C)c1O)c1cccc2c1OCCO2.NC=O. The summed E-state index contributed by atoms with van der Waals surface area (Å²) in [6, 6.07) is 8.55. The summed E-state index contributed by atoms with van der Waals surface area (Å²) in [5, 5.41) is 18.2. The van der Waals surface area contributed by atoms with Gasteiger partial charge in [0.2, 0.25) is 12.8 Å². The zero-order chi connectivity index (χ0) is 41.8. The quantitative estimate of drug-likeness (QED) is 0.0286. The zero-order valence-electron chi connectivity index (χ0n) is 31.7. The van der Waals surface area contributed by atoms with Crippen molar-refractivity contribution < 1.29 is 37.3 Å². The number of amides is 2. The molecule has 0 fully saturated rings. The van der Waals surface area contributed by atoms with Crippen molar-refractivity contribution in [1.29, 1.82) is 0 Å². The van der Waals surface area contributed by atoms with Crippen LogP contribution in [0.3, 0.4) is 0 Å². The lowest BCUT2D eigenvalue weighted by Gasteiger charge is -2.38. The number of fused-ring (bicyclic) bond motifs is 1. The maximum Gasteiger partial charge on any atom is 0.416 e. The van der Waals surface area contributed by atoms with E-state index in [1.807, 2.05) is 11.8 Å². The molecule has 3 aromatic rings. The summed E-state index contributed by atoms with van der Waals surface area (Å²) in [7, 11) is 1.76. The van der Waals surface area contributed by atoms with Gasteiger partial charge in [-0.15, -0.1) is 13.2 Å². The first-order valence-corrected chi connectivity index (χ1v) is 17.6. The van der Waals surface area contributed by atoms with Gasteiger partial charge in [0, 0.05) is 49.4 Å². The molecule has 0 radical (unpaired) electrons. The standard InChI is InChI=1S/C35H42ClF3N8O4.C2H4.CH3NO/c1-6-28(40-4)31(46(15-13-42-21-48)14-12-29-32(49)22(2)43-20-44-29)23(3)47(19-24-10-11-25(18-27(24)36)35(37,38)39)45-34(41-5)26-8-7-9-30-33(26)51-17-16-50-30;1-2;2-1-3/h7-11,18,20-21,34,40,45,49H,3,5-6,12-17,19H2,1-2,4H3,(H,42,48);1-2H2;1H,(H2,2,3)/b31-28+;;. The van der Waals surface area contributed by atoms with Crippen molar-refractivity contribution in [2.45, 2.75) is 45.6 Å². The number of aromatic hydroxyl groups is 1. The number of hydrogen-bond acceptors (Lipinski definition) is 12. The van der Waals surface area contributed by atoms with Crippen LogP contribution in [0.25, 0.3) is 0 Å². The van der Waals surface area contributed by atoms with Crippen LogP contribution in [-0.2, 0) is 28.7 Å². The number of allylic oxidation sites excluding steroid dienone is 1. The Labute approximate surface area is 329 Å². The van der Waals surface area contributed by atoms with Crippen LogP contribution in [0.4, 0.5) is 13.2 Å².